The van der Waals surface area contributed by atoms with Crippen LogP contribution in [-0.2, 0) is 4.74 Å². The minimum atomic E-state index is 0.900. The van der Waals surface area contributed by atoms with Gasteiger partial charge in [-0.2, -0.15) is 0 Å². The first kappa shape index (κ1) is 8.41. The molecule has 0 bridgehead atoms. The van der Waals surface area contributed by atoms with Crippen LogP contribution in [0.15, 0.2) is 0 Å². The molecule has 1 atom stereocenters. The van der Waals surface area contributed by atoms with Crippen LogP contribution < -0.4 is 5.09 Å². The number of rotatable bonds is 3. The van der Waals surface area contributed by atoms with Crippen LogP contribution >= 0.6 is 9.39 Å². The van der Waals surface area contributed by atoms with Crippen LogP contribution in [0.1, 0.15) is 0 Å². The van der Waals surface area contributed by atoms with Gasteiger partial charge in [-0.15, -0.1) is 0 Å². The van der Waals surface area contributed by atoms with Crippen LogP contribution in [0.5, 0.6) is 0 Å². The van der Waals surface area contributed by atoms with Crippen molar-refractivity contribution in [2.45, 2.75) is 0 Å². The number of ether oxygens (including phenoxy) is 1. The summed E-state index contributed by atoms with van der Waals surface area (Å²) in [6.45, 7) is 6.16. The molecule has 1 aliphatic rings. The van der Waals surface area contributed by atoms with Crippen molar-refractivity contribution in [1.82, 2.24) is 9.99 Å². The molecule has 1 rings (SSSR count). The molecule has 4 heteroatoms. The fourth-order valence-electron chi connectivity index (χ4n) is 1.05. The first-order valence-corrected chi connectivity index (χ1v) is 4.25. The molecule has 1 saturated heterocycles. The Labute approximate surface area is 64.4 Å². The Hall–Kier alpha value is 0.310. The van der Waals surface area contributed by atoms with E-state index in [1.807, 2.05) is 0 Å². The molecule has 0 aromatic carbocycles. The number of hydrogen-bond donors (Lipinski definition) is 1. The van der Waals surface area contributed by atoms with Gasteiger partial charge in [-0.1, -0.05) is 9.39 Å². The largest absolute Gasteiger partial charge is 0.379 e. The molecule has 0 aliphatic carbocycles. The zero-order valence-electron chi connectivity index (χ0n) is 6.18. The average Bonchev–Trinajstić information content (AvgIpc) is 2.03. The second-order valence-corrected chi connectivity index (χ2v) is 2.82. The summed E-state index contributed by atoms with van der Waals surface area (Å²) >= 11 is 0. The molecule has 0 aromatic rings. The van der Waals surface area contributed by atoms with Crippen molar-refractivity contribution in [3.05, 3.63) is 0 Å². The summed E-state index contributed by atoms with van der Waals surface area (Å²) in [6.07, 6.45) is 0. The van der Waals surface area contributed by atoms with Gasteiger partial charge in [-0.05, 0) is 0 Å². The van der Waals surface area contributed by atoms with Crippen molar-refractivity contribution in [1.29, 1.82) is 0 Å². The molecule has 1 N–H and O–H groups in total. The highest BCUT2D eigenvalue weighted by Gasteiger charge is 2.07. The summed E-state index contributed by atoms with van der Waals surface area (Å²) < 4.78 is 5.21. The van der Waals surface area contributed by atoms with E-state index < -0.39 is 0 Å². The molecule has 1 unspecified atom stereocenters. The van der Waals surface area contributed by atoms with E-state index in [4.69, 9.17) is 4.74 Å². The third-order valence-electron chi connectivity index (χ3n) is 1.68. The van der Waals surface area contributed by atoms with Gasteiger partial charge in [0.25, 0.3) is 0 Å². The predicted octanol–water partition coefficient (Wildman–Crippen LogP) is -0.302. The molecule has 10 heavy (non-hydrogen) atoms. The number of morpholine rings is 1. The summed E-state index contributed by atoms with van der Waals surface area (Å²) in [6, 6.07) is 0. The molecule has 0 aromatic heterocycles. The molecule has 1 heterocycles. The molecule has 60 valence electrons. The van der Waals surface area contributed by atoms with Crippen LogP contribution in [0.2, 0.25) is 0 Å². The van der Waals surface area contributed by atoms with Crippen LogP contribution in [0, 0.1) is 0 Å². The van der Waals surface area contributed by atoms with Gasteiger partial charge in [0, 0.05) is 26.2 Å². The highest BCUT2D eigenvalue weighted by molar-refractivity contribution is 7.13. The summed E-state index contributed by atoms with van der Waals surface area (Å²) in [5.74, 6) is 0. The van der Waals surface area contributed by atoms with Crippen LogP contribution in [0.3, 0.4) is 0 Å². The van der Waals surface area contributed by atoms with Crippen molar-refractivity contribution >= 4 is 9.39 Å². The Balaban J connectivity index is 2.02. The van der Waals surface area contributed by atoms with E-state index in [1.54, 1.807) is 0 Å². The van der Waals surface area contributed by atoms with E-state index in [1.165, 1.54) is 0 Å². The van der Waals surface area contributed by atoms with Gasteiger partial charge < -0.3 is 4.74 Å². The van der Waals surface area contributed by atoms with Crippen LogP contribution in [-0.4, -0.2) is 44.3 Å². The number of nitrogens with one attached hydrogen (secondary N) is 1. The lowest BCUT2D eigenvalue weighted by atomic mass is 10.4. The van der Waals surface area contributed by atoms with E-state index in [2.05, 4.69) is 19.4 Å². The van der Waals surface area contributed by atoms with Gasteiger partial charge in [-0.25, -0.2) is 0 Å². The van der Waals surface area contributed by atoms with E-state index in [0.29, 0.717) is 0 Å². The van der Waals surface area contributed by atoms with E-state index in [0.717, 1.165) is 39.4 Å². The average molecular weight is 162 g/mol. The second-order valence-electron chi connectivity index (χ2n) is 2.41. The molecule has 0 amide bonds. The summed E-state index contributed by atoms with van der Waals surface area (Å²) in [5.41, 5.74) is 0. The number of hydrogen-bond acceptors (Lipinski definition) is 3. The molecule has 0 radical (unpaired) electrons. The minimum Gasteiger partial charge on any atom is -0.379 e. The van der Waals surface area contributed by atoms with Gasteiger partial charge in [0.15, 0.2) is 0 Å². The smallest absolute Gasteiger partial charge is 0.0594 e. The Morgan fingerprint density at radius 3 is 2.70 bits per heavy atom. The molecular formula is C6H15N2OP. The predicted molar refractivity (Wildman–Crippen MR) is 45.0 cm³/mol. The SMILES string of the molecule is PNCCN1CCOCC1. The van der Waals surface area contributed by atoms with Gasteiger partial charge >= 0.3 is 0 Å². The van der Waals surface area contributed by atoms with Gasteiger partial charge in [0.2, 0.25) is 0 Å². The molecular weight excluding hydrogens is 147 g/mol. The third-order valence-corrected chi connectivity index (χ3v) is 1.96. The van der Waals surface area contributed by atoms with Gasteiger partial charge in [0.05, 0.1) is 13.2 Å². The first-order chi connectivity index (χ1) is 4.93. The fraction of sp³-hybridized carbons (Fsp3) is 1.00. The lowest BCUT2D eigenvalue weighted by Crippen LogP contribution is -2.39. The zero-order chi connectivity index (χ0) is 7.23. The summed E-state index contributed by atoms with van der Waals surface area (Å²) in [4.78, 5) is 2.40. The topological polar surface area (TPSA) is 24.5 Å². The third kappa shape index (κ3) is 2.93. The lowest BCUT2D eigenvalue weighted by molar-refractivity contribution is 0.0391. The normalized spacial score (nSPS) is 21.3. The molecule has 1 aliphatic heterocycles. The molecule has 3 nitrogen and oxygen atoms in total. The highest BCUT2D eigenvalue weighted by atomic mass is 31.0. The number of nitrogens with zero attached hydrogens (tertiary/aromatic N) is 1. The van der Waals surface area contributed by atoms with E-state index in [-0.39, 0.29) is 0 Å². The first-order valence-electron chi connectivity index (χ1n) is 3.67. The molecule has 0 spiro atoms. The fourth-order valence-corrected chi connectivity index (χ4v) is 1.18. The highest BCUT2D eigenvalue weighted by Crippen LogP contribution is 1.94. The van der Waals surface area contributed by atoms with Crippen molar-refractivity contribution in [2.24, 2.45) is 0 Å². The standard InChI is InChI=1S/C6H15N2OP/c10-7-1-2-8-3-5-9-6-4-8/h7H,1-6,10H2. The zero-order valence-corrected chi connectivity index (χ0v) is 7.33. The van der Waals surface area contributed by atoms with Crippen molar-refractivity contribution < 1.29 is 4.74 Å². The molecule has 0 saturated carbocycles. The van der Waals surface area contributed by atoms with Crippen LogP contribution in [0.4, 0.5) is 0 Å². The summed E-state index contributed by atoms with van der Waals surface area (Å²) in [5, 5.41) is 3.05. The lowest BCUT2D eigenvalue weighted by Gasteiger charge is -2.26. The quantitative estimate of drug-likeness (QED) is 0.576. The van der Waals surface area contributed by atoms with E-state index >= 15 is 0 Å². The van der Waals surface area contributed by atoms with E-state index in [9.17, 15) is 0 Å². The van der Waals surface area contributed by atoms with Crippen molar-refractivity contribution in [2.75, 3.05) is 39.4 Å². The Bertz CT molecular complexity index is 85.8. The summed E-state index contributed by atoms with van der Waals surface area (Å²) in [7, 11) is 2.51. The maximum absolute atomic E-state index is 5.21. The Morgan fingerprint density at radius 1 is 1.40 bits per heavy atom. The monoisotopic (exact) mass is 162 g/mol. The molecule has 1 fully saturated rings. The maximum atomic E-state index is 5.21. The maximum Gasteiger partial charge on any atom is 0.0594 e. The van der Waals surface area contributed by atoms with Gasteiger partial charge in [0.1, 0.15) is 0 Å². The second kappa shape index (κ2) is 5.03. The Morgan fingerprint density at radius 2 is 2.10 bits per heavy atom. The Kier molecular flexibility index (Phi) is 4.23. The van der Waals surface area contributed by atoms with Crippen molar-refractivity contribution in [3.8, 4) is 0 Å². The minimum absolute atomic E-state index is 0.900. The van der Waals surface area contributed by atoms with Gasteiger partial charge in [-0.3, -0.25) is 9.99 Å². The van der Waals surface area contributed by atoms with Crippen LogP contribution in [0.25, 0.3) is 0 Å². The van der Waals surface area contributed by atoms with Crippen molar-refractivity contribution in [3.63, 3.8) is 0 Å².